The van der Waals surface area contributed by atoms with Gasteiger partial charge < -0.3 is 24.6 Å². The van der Waals surface area contributed by atoms with Crippen molar-refractivity contribution in [3.05, 3.63) is 53.1 Å². The van der Waals surface area contributed by atoms with E-state index >= 15 is 0 Å². The number of hydrogen-bond donors (Lipinski definition) is 1. The van der Waals surface area contributed by atoms with Crippen molar-refractivity contribution >= 4 is 35.1 Å². The normalized spacial score (nSPS) is 22.1. The summed E-state index contributed by atoms with van der Waals surface area (Å²) in [6.07, 6.45) is 0. The Labute approximate surface area is 195 Å². The molecule has 4 amide bonds. The van der Waals surface area contributed by atoms with Gasteiger partial charge in [-0.15, -0.1) is 0 Å². The van der Waals surface area contributed by atoms with E-state index in [0.29, 0.717) is 48.3 Å². The summed E-state index contributed by atoms with van der Waals surface area (Å²) in [6, 6.07) is 12.1. The van der Waals surface area contributed by atoms with Crippen LogP contribution >= 0.6 is 11.6 Å². The van der Waals surface area contributed by atoms with Gasteiger partial charge in [-0.25, -0.2) is 4.79 Å². The van der Waals surface area contributed by atoms with Crippen molar-refractivity contribution in [2.45, 2.75) is 12.5 Å². The highest BCUT2D eigenvalue weighted by molar-refractivity contribution is 6.33. The van der Waals surface area contributed by atoms with Gasteiger partial charge in [0.15, 0.2) is 11.5 Å². The predicted octanol–water partition coefficient (Wildman–Crippen LogP) is 2.18. The van der Waals surface area contributed by atoms with E-state index in [1.807, 2.05) is 24.3 Å². The van der Waals surface area contributed by atoms with E-state index in [1.54, 1.807) is 30.0 Å². The molecule has 0 spiro atoms. The maximum Gasteiger partial charge on any atom is 0.325 e. The Kier molecular flexibility index (Phi) is 5.28. The van der Waals surface area contributed by atoms with Crippen LogP contribution in [0.15, 0.2) is 42.5 Å². The van der Waals surface area contributed by atoms with Gasteiger partial charge in [0.2, 0.25) is 12.7 Å². The average Bonchev–Trinajstić information content (AvgIpc) is 3.38. The number of carbonyl (C=O) groups is 3. The zero-order valence-electron chi connectivity index (χ0n) is 18.0. The van der Waals surface area contributed by atoms with E-state index in [0.717, 1.165) is 10.6 Å². The van der Waals surface area contributed by atoms with Crippen LogP contribution in [-0.2, 0) is 15.1 Å². The molecule has 0 saturated carbocycles. The molecule has 9 nitrogen and oxygen atoms in total. The first-order chi connectivity index (χ1) is 15.9. The Hall–Kier alpha value is -3.46. The first kappa shape index (κ1) is 21.4. The molecule has 0 radical (unpaired) electrons. The molecule has 0 bridgehead atoms. The van der Waals surface area contributed by atoms with E-state index in [1.165, 1.54) is 0 Å². The predicted molar refractivity (Wildman–Crippen MR) is 120 cm³/mol. The summed E-state index contributed by atoms with van der Waals surface area (Å²) in [5.41, 5.74) is 0.203. The zero-order chi connectivity index (χ0) is 23.2. The van der Waals surface area contributed by atoms with Crippen molar-refractivity contribution < 1.29 is 23.9 Å². The number of imide groups is 1. The maximum absolute atomic E-state index is 13.2. The van der Waals surface area contributed by atoms with Gasteiger partial charge in [0, 0.05) is 26.2 Å². The van der Waals surface area contributed by atoms with Crippen LogP contribution in [0.25, 0.3) is 0 Å². The first-order valence-corrected chi connectivity index (χ1v) is 11.1. The van der Waals surface area contributed by atoms with E-state index in [4.69, 9.17) is 21.1 Å². The van der Waals surface area contributed by atoms with Crippen molar-refractivity contribution in [3.8, 4) is 11.5 Å². The van der Waals surface area contributed by atoms with Crippen LogP contribution in [0.1, 0.15) is 12.5 Å². The Bertz CT molecular complexity index is 1130. The summed E-state index contributed by atoms with van der Waals surface area (Å²) < 4.78 is 10.7. The molecule has 33 heavy (non-hydrogen) atoms. The molecule has 172 valence electrons. The molecule has 3 heterocycles. The van der Waals surface area contributed by atoms with Crippen LogP contribution in [0.2, 0.25) is 5.02 Å². The summed E-state index contributed by atoms with van der Waals surface area (Å²) >= 11 is 6.28. The fraction of sp³-hybridized carbons (Fsp3) is 0.348. The van der Waals surface area contributed by atoms with Crippen LogP contribution in [0.3, 0.4) is 0 Å². The number of benzene rings is 2. The Morgan fingerprint density at radius 3 is 2.55 bits per heavy atom. The monoisotopic (exact) mass is 470 g/mol. The second kappa shape index (κ2) is 8.15. The molecule has 2 aromatic rings. The maximum atomic E-state index is 13.2. The molecule has 2 aromatic carbocycles. The van der Waals surface area contributed by atoms with Gasteiger partial charge in [-0.1, -0.05) is 29.8 Å². The molecule has 2 saturated heterocycles. The minimum absolute atomic E-state index is 0.111. The number of rotatable bonds is 4. The van der Waals surface area contributed by atoms with Crippen LogP contribution < -0.4 is 19.7 Å². The lowest BCUT2D eigenvalue weighted by Crippen LogP contribution is -2.52. The topological polar surface area (TPSA) is 91.4 Å². The van der Waals surface area contributed by atoms with E-state index in [9.17, 15) is 14.4 Å². The molecule has 0 aliphatic carbocycles. The molecule has 2 fully saturated rings. The number of amides is 4. The minimum Gasteiger partial charge on any atom is -0.454 e. The molecule has 10 heteroatoms. The summed E-state index contributed by atoms with van der Waals surface area (Å²) in [5.74, 6) is 0.352. The lowest BCUT2D eigenvalue weighted by Gasteiger charge is -2.36. The van der Waals surface area contributed by atoms with Crippen LogP contribution in [0.5, 0.6) is 11.5 Å². The Balaban J connectivity index is 1.24. The first-order valence-electron chi connectivity index (χ1n) is 10.7. The van der Waals surface area contributed by atoms with E-state index in [-0.39, 0.29) is 19.2 Å². The van der Waals surface area contributed by atoms with Gasteiger partial charge in [0.25, 0.3) is 5.91 Å². The van der Waals surface area contributed by atoms with Gasteiger partial charge in [-0.05, 0) is 36.8 Å². The molecule has 0 unspecified atom stereocenters. The fourth-order valence-corrected chi connectivity index (χ4v) is 4.64. The number of nitrogens with one attached hydrogen (secondary N) is 1. The van der Waals surface area contributed by atoms with Gasteiger partial charge in [-0.2, -0.15) is 0 Å². The zero-order valence-corrected chi connectivity index (χ0v) is 18.8. The van der Waals surface area contributed by atoms with Crippen LogP contribution in [0, 0.1) is 0 Å². The van der Waals surface area contributed by atoms with E-state index in [2.05, 4.69) is 10.2 Å². The highest BCUT2D eigenvalue weighted by Gasteiger charge is 2.50. The highest BCUT2D eigenvalue weighted by atomic mass is 35.5. The molecule has 3 aliphatic rings. The molecule has 3 aliphatic heterocycles. The molecule has 0 aromatic heterocycles. The third-order valence-electron chi connectivity index (χ3n) is 6.34. The number of anilines is 1. The minimum atomic E-state index is -1.29. The Morgan fingerprint density at radius 1 is 1.06 bits per heavy atom. The van der Waals surface area contributed by atoms with Crippen molar-refractivity contribution in [2.75, 3.05) is 44.4 Å². The number of urea groups is 1. The number of fused-ring (bicyclic) bond motifs is 1. The smallest absolute Gasteiger partial charge is 0.325 e. The number of nitrogens with zero attached hydrogens (tertiary/aromatic N) is 3. The van der Waals surface area contributed by atoms with Gasteiger partial charge in [-0.3, -0.25) is 14.5 Å². The summed E-state index contributed by atoms with van der Waals surface area (Å²) in [7, 11) is 0. The highest BCUT2D eigenvalue weighted by Crippen LogP contribution is 2.38. The number of para-hydroxylation sites is 1. The molecular weight excluding hydrogens is 448 g/mol. The SMILES string of the molecule is C[C@@]1(c2ccc3c(c2)OCO3)NC(=O)N(CC(=O)N2CCN(c3ccccc3Cl)CC2)C1=O. The van der Waals surface area contributed by atoms with Crippen LogP contribution in [-0.4, -0.2) is 67.2 Å². The second-order valence-corrected chi connectivity index (χ2v) is 8.74. The standard InChI is InChI=1S/C23H23ClN4O5/c1-23(15-6-7-18-19(12-15)33-14-32-18)21(30)28(22(31)25-23)13-20(29)27-10-8-26(9-11-27)17-5-3-2-4-16(17)24/h2-7,12H,8-11,13-14H2,1H3,(H,25,31)/t23-/m0/s1. The van der Waals surface area contributed by atoms with Crippen molar-refractivity contribution in [1.29, 1.82) is 0 Å². The number of piperazine rings is 1. The van der Waals surface area contributed by atoms with Crippen LogP contribution in [0.4, 0.5) is 10.5 Å². The summed E-state index contributed by atoms with van der Waals surface area (Å²) in [6.45, 7) is 3.62. The van der Waals surface area contributed by atoms with Gasteiger partial charge >= 0.3 is 6.03 Å². The molecule has 1 N–H and O–H groups in total. The van der Waals surface area contributed by atoms with Gasteiger partial charge in [0.1, 0.15) is 12.1 Å². The van der Waals surface area contributed by atoms with Crippen molar-refractivity contribution in [1.82, 2.24) is 15.1 Å². The lowest BCUT2D eigenvalue weighted by atomic mass is 9.91. The number of halogens is 1. The Morgan fingerprint density at radius 2 is 1.79 bits per heavy atom. The number of ether oxygens (including phenoxy) is 2. The van der Waals surface area contributed by atoms with Crippen molar-refractivity contribution in [2.24, 2.45) is 0 Å². The number of carbonyl (C=O) groups excluding carboxylic acids is 3. The quantitative estimate of drug-likeness (QED) is 0.689. The third-order valence-corrected chi connectivity index (χ3v) is 6.66. The van der Waals surface area contributed by atoms with E-state index < -0.39 is 17.5 Å². The van der Waals surface area contributed by atoms with Gasteiger partial charge in [0.05, 0.1) is 10.7 Å². The summed E-state index contributed by atoms with van der Waals surface area (Å²) in [4.78, 5) is 43.6. The summed E-state index contributed by atoms with van der Waals surface area (Å²) in [5, 5.41) is 3.39. The largest absolute Gasteiger partial charge is 0.454 e. The van der Waals surface area contributed by atoms with Crippen molar-refractivity contribution in [3.63, 3.8) is 0 Å². The number of hydrogen-bond acceptors (Lipinski definition) is 6. The molecule has 5 rings (SSSR count). The lowest BCUT2D eigenvalue weighted by molar-refractivity contribution is -0.139. The molecular formula is C23H23ClN4O5. The third kappa shape index (κ3) is 3.72. The average molecular weight is 471 g/mol. The molecule has 1 atom stereocenters. The fourth-order valence-electron chi connectivity index (χ4n) is 4.38. The second-order valence-electron chi connectivity index (χ2n) is 8.33.